The highest BCUT2D eigenvalue weighted by Crippen LogP contribution is 2.14. The number of hydrogen-bond acceptors (Lipinski definition) is 3. The van der Waals surface area contributed by atoms with Gasteiger partial charge >= 0.3 is 5.97 Å². The van der Waals surface area contributed by atoms with E-state index in [1.807, 2.05) is 6.07 Å². The van der Waals surface area contributed by atoms with Crippen LogP contribution in [0.5, 0.6) is 0 Å². The molecule has 2 aromatic rings. The fourth-order valence-electron chi connectivity index (χ4n) is 1.26. The first-order valence-electron chi connectivity index (χ1n) is 4.42. The number of imidazole rings is 1. The number of hydrogen-bond donors (Lipinski definition) is 2. The van der Waals surface area contributed by atoms with E-state index in [-0.39, 0.29) is 6.42 Å². The average molecular weight is 203 g/mol. The Balaban J connectivity index is 2.24. The Morgan fingerprint density at radius 2 is 2.40 bits per heavy atom. The molecule has 0 fully saturated rings. The highest BCUT2D eigenvalue weighted by atomic mass is 16.4. The molecule has 0 aromatic carbocycles. The summed E-state index contributed by atoms with van der Waals surface area (Å²) in [6.45, 7) is 0. The van der Waals surface area contributed by atoms with Gasteiger partial charge in [0.2, 0.25) is 0 Å². The van der Waals surface area contributed by atoms with Gasteiger partial charge in [-0.05, 0) is 12.1 Å². The van der Waals surface area contributed by atoms with Gasteiger partial charge in [0.15, 0.2) is 0 Å². The highest BCUT2D eigenvalue weighted by molar-refractivity contribution is 5.69. The number of rotatable bonds is 3. The molecule has 15 heavy (non-hydrogen) atoms. The van der Waals surface area contributed by atoms with E-state index < -0.39 is 5.97 Å². The van der Waals surface area contributed by atoms with Crippen molar-refractivity contribution in [3.8, 4) is 11.3 Å². The Hall–Kier alpha value is -2.17. The molecule has 0 aliphatic carbocycles. The van der Waals surface area contributed by atoms with Crippen molar-refractivity contribution in [3.05, 3.63) is 36.5 Å². The van der Waals surface area contributed by atoms with E-state index in [4.69, 9.17) is 5.11 Å². The van der Waals surface area contributed by atoms with Crippen molar-refractivity contribution in [1.29, 1.82) is 0 Å². The molecule has 0 atom stereocenters. The molecule has 2 heterocycles. The van der Waals surface area contributed by atoms with Crippen LogP contribution in [0.15, 0.2) is 30.7 Å². The minimum absolute atomic E-state index is 0.0970. The quantitative estimate of drug-likeness (QED) is 0.782. The number of aromatic nitrogens is 3. The molecule has 0 unspecified atom stereocenters. The third kappa shape index (κ3) is 2.19. The van der Waals surface area contributed by atoms with Crippen molar-refractivity contribution in [2.45, 2.75) is 6.42 Å². The molecule has 5 nitrogen and oxygen atoms in total. The van der Waals surface area contributed by atoms with E-state index in [0.717, 1.165) is 5.56 Å². The topological polar surface area (TPSA) is 78.9 Å². The Morgan fingerprint density at radius 3 is 3.07 bits per heavy atom. The van der Waals surface area contributed by atoms with Crippen LogP contribution >= 0.6 is 0 Å². The molecule has 0 aliphatic rings. The van der Waals surface area contributed by atoms with E-state index in [2.05, 4.69) is 15.0 Å². The van der Waals surface area contributed by atoms with Gasteiger partial charge in [0.1, 0.15) is 12.2 Å². The lowest BCUT2D eigenvalue weighted by Gasteiger charge is -1.92. The molecule has 0 aliphatic heterocycles. The third-order valence-corrected chi connectivity index (χ3v) is 1.91. The highest BCUT2D eigenvalue weighted by Gasteiger charge is 2.06. The van der Waals surface area contributed by atoms with E-state index in [1.165, 1.54) is 0 Å². The van der Waals surface area contributed by atoms with Gasteiger partial charge in [0, 0.05) is 24.2 Å². The second-order valence-electron chi connectivity index (χ2n) is 3.04. The maximum absolute atomic E-state index is 10.4. The lowest BCUT2D eigenvalue weighted by Crippen LogP contribution is -2.01. The number of carboxylic acids is 1. The van der Waals surface area contributed by atoms with Crippen molar-refractivity contribution in [2.24, 2.45) is 0 Å². The summed E-state index contributed by atoms with van der Waals surface area (Å²) in [5.74, 6) is -0.455. The molecule has 2 rings (SSSR count). The van der Waals surface area contributed by atoms with Gasteiger partial charge in [-0.15, -0.1) is 0 Å². The number of carboxylic acid groups (broad SMARTS) is 1. The van der Waals surface area contributed by atoms with Crippen LogP contribution in [0.2, 0.25) is 0 Å². The molecule has 2 N–H and O–H groups in total. The average Bonchev–Trinajstić information content (AvgIpc) is 2.67. The van der Waals surface area contributed by atoms with Crippen LogP contribution in [0.3, 0.4) is 0 Å². The molecular formula is C10H9N3O2. The zero-order valence-corrected chi connectivity index (χ0v) is 7.84. The normalized spacial score (nSPS) is 10.1. The van der Waals surface area contributed by atoms with E-state index in [1.54, 1.807) is 24.7 Å². The SMILES string of the molecule is O=C(O)Cc1nc(-c2cccnc2)c[nH]1. The van der Waals surface area contributed by atoms with E-state index in [0.29, 0.717) is 11.5 Å². The number of carbonyl (C=O) groups is 1. The predicted octanol–water partition coefficient (Wildman–Crippen LogP) is 1.10. The Bertz CT molecular complexity index is 465. The van der Waals surface area contributed by atoms with Gasteiger partial charge in [0.05, 0.1) is 5.69 Å². The van der Waals surface area contributed by atoms with Crippen molar-refractivity contribution < 1.29 is 9.90 Å². The second kappa shape index (κ2) is 3.91. The van der Waals surface area contributed by atoms with Crippen LogP contribution in [-0.2, 0) is 11.2 Å². The fraction of sp³-hybridized carbons (Fsp3) is 0.100. The summed E-state index contributed by atoms with van der Waals surface area (Å²) < 4.78 is 0. The number of nitrogens with zero attached hydrogens (tertiary/aromatic N) is 2. The maximum Gasteiger partial charge on any atom is 0.311 e. The molecule has 0 bridgehead atoms. The van der Waals surface area contributed by atoms with Crippen LogP contribution in [0, 0.1) is 0 Å². The lowest BCUT2D eigenvalue weighted by atomic mass is 10.2. The Kier molecular flexibility index (Phi) is 2.45. The van der Waals surface area contributed by atoms with Gasteiger partial charge in [0.25, 0.3) is 0 Å². The van der Waals surface area contributed by atoms with E-state index >= 15 is 0 Å². The second-order valence-corrected chi connectivity index (χ2v) is 3.04. The first kappa shape index (κ1) is 9.39. The molecule has 76 valence electrons. The lowest BCUT2D eigenvalue weighted by molar-refractivity contribution is -0.136. The Labute approximate surface area is 85.8 Å². The molecule has 0 saturated carbocycles. The molecular weight excluding hydrogens is 194 g/mol. The monoisotopic (exact) mass is 203 g/mol. The Morgan fingerprint density at radius 1 is 1.53 bits per heavy atom. The number of H-pyrrole nitrogens is 1. The summed E-state index contributed by atoms with van der Waals surface area (Å²) in [7, 11) is 0. The minimum Gasteiger partial charge on any atom is -0.481 e. The first-order chi connectivity index (χ1) is 7.25. The summed E-state index contributed by atoms with van der Waals surface area (Å²) in [5, 5.41) is 8.57. The standard InChI is InChI=1S/C10H9N3O2/c14-10(15)4-9-12-6-8(13-9)7-2-1-3-11-5-7/h1-3,5-6H,4H2,(H,12,13)(H,14,15). The number of aliphatic carboxylic acids is 1. The largest absolute Gasteiger partial charge is 0.481 e. The van der Waals surface area contributed by atoms with Crippen LogP contribution < -0.4 is 0 Å². The van der Waals surface area contributed by atoms with Crippen molar-refractivity contribution in [3.63, 3.8) is 0 Å². The van der Waals surface area contributed by atoms with Crippen molar-refractivity contribution in [2.75, 3.05) is 0 Å². The summed E-state index contributed by atoms with van der Waals surface area (Å²) in [4.78, 5) is 21.4. The maximum atomic E-state index is 10.4. The summed E-state index contributed by atoms with van der Waals surface area (Å²) in [6, 6.07) is 3.68. The molecule has 0 amide bonds. The van der Waals surface area contributed by atoms with Gasteiger partial charge in [-0.25, -0.2) is 4.98 Å². The van der Waals surface area contributed by atoms with Crippen LogP contribution in [-0.4, -0.2) is 26.0 Å². The van der Waals surface area contributed by atoms with Crippen molar-refractivity contribution >= 4 is 5.97 Å². The summed E-state index contributed by atoms with van der Waals surface area (Å²) in [5.41, 5.74) is 1.57. The van der Waals surface area contributed by atoms with Gasteiger partial charge < -0.3 is 10.1 Å². The zero-order chi connectivity index (χ0) is 10.7. The van der Waals surface area contributed by atoms with Crippen molar-refractivity contribution in [1.82, 2.24) is 15.0 Å². The third-order valence-electron chi connectivity index (χ3n) is 1.91. The van der Waals surface area contributed by atoms with Gasteiger partial charge in [-0.1, -0.05) is 0 Å². The predicted molar refractivity (Wildman–Crippen MR) is 53.2 cm³/mol. The molecule has 0 saturated heterocycles. The van der Waals surface area contributed by atoms with Crippen LogP contribution in [0.25, 0.3) is 11.3 Å². The smallest absolute Gasteiger partial charge is 0.311 e. The van der Waals surface area contributed by atoms with Crippen LogP contribution in [0.4, 0.5) is 0 Å². The fourth-order valence-corrected chi connectivity index (χ4v) is 1.26. The zero-order valence-electron chi connectivity index (χ0n) is 7.84. The molecule has 5 heteroatoms. The molecule has 2 aromatic heterocycles. The first-order valence-corrected chi connectivity index (χ1v) is 4.42. The summed E-state index contributed by atoms with van der Waals surface area (Å²) in [6.07, 6.45) is 4.94. The molecule has 0 radical (unpaired) electrons. The van der Waals surface area contributed by atoms with E-state index in [9.17, 15) is 4.79 Å². The van der Waals surface area contributed by atoms with Gasteiger partial charge in [-0.3, -0.25) is 9.78 Å². The number of nitrogens with one attached hydrogen (secondary N) is 1. The number of pyridine rings is 1. The molecule has 0 spiro atoms. The number of aromatic amines is 1. The minimum atomic E-state index is -0.901. The van der Waals surface area contributed by atoms with Gasteiger partial charge in [-0.2, -0.15) is 0 Å². The summed E-state index contributed by atoms with van der Waals surface area (Å²) >= 11 is 0. The van der Waals surface area contributed by atoms with Crippen LogP contribution in [0.1, 0.15) is 5.82 Å².